The number of rotatable bonds is 6. The fourth-order valence-corrected chi connectivity index (χ4v) is 10.7. The molecule has 1 amide bonds. The van der Waals surface area contributed by atoms with E-state index in [4.69, 9.17) is 14.9 Å². The van der Waals surface area contributed by atoms with Crippen LogP contribution in [0.1, 0.15) is 48.5 Å². The Labute approximate surface area is 405 Å². The topological polar surface area (TPSA) is 169 Å². The highest BCUT2D eigenvalue weighted by Gasteiger charge is 2.34. The molecule has 0 aliphatic carbocycles. The maximum absolute atomic E-state index is 12.5. The van der Waals surface area contributed by atoms with Gasteiger partial charge in [0.25, 0.3) is 0 Å². The van der Waals surface area contributed by atoms with Gasteiger partial charge in [0.15, 0.2) is 11.3 Å². The van der Waals surface area contributed by atoms with Crippen LogP contribution < -0.4 is 20.3 Å². The van der Waals surface area contributed by atoms with Gasteiger partial charge in [-0.25, -0.2) is 37.4 Å². The molecule has 0 saturated carbocycles. The number of hydrogen-bond acceptors (Lipinski definition) is 11. The van der Waals surface area contributed by atoms with Crippen LogP contribution in [0.5, 0.6) is 0 Å². The number of carbonyl (C=O) groups excluding carboxylic acids is 1. The summed E-state index contributed by atoms with van der Waals surface area (Å²) in [5, 5.41) is 19.2. The molecule has 0 radical (unpaired) electrons. The van der Waals surface area contributed by atoms with Crippen molar-refractivity contribution in [2.75, 3.05) is 36.0 Å². The lowest BCUT2D eigenvalue weighted by Gasteiger charge is -2.45. The van der Waals surface area contributed by atoms with Gasteiger partial charge in [-0.3, -0.25) is 0 Å². The third kappa shape index (κ3) is 9.52. The molecular weight excluding hydrogens is 943 g/mol. The van der Waals surface area contributed by atoms with Gasteiger partial charge in [0, 0.05) is 109 Å². The number of hydrogen-bond donors (Lipinski definition) is 2. The van der Waals surface area contributed by atoms with Crippen molar-refractivity contribution >= 4 is 65.5 Å². The van der Waals surface area contributed by atoms with E-state index >= 15 is 0 Å². The predicted octanol–water partition coefficient (Wildman–Crippen LogP) is 9.04. The van der Waals surface area contributed by atoms with Crippen LogP contribution in [0, 0.1) is 0 Å². The standard InChI is InChI=1S/C28H28N6O2S.C23H28BrN5O2/c1-18-13-30-14-19(2)34(18)22-11-9-20(10-12-22)21-15-31-28-26(16-32-33(28)17-21)24-5-3-7-25-23(24)6-4-8-27(25)37(29,35)36;1-15-12-27(22(30)31-23(3,4)5)13-16(2)29(15)19-8-6-17(7-9-19)18-10-25-21-20(24)11-26-28(21)14-18/h3-12,15-19,30H,13-14H2,1-2H3,(H2,29,35,36);6-11,14-16H,12-13H2,1-5H3/t18-,19+;15-,16+. The molecule has 17 heteroatoms. The zero-order valence-corrected chi connectivity index (χ0v) is 41.6. The first-order valence-corrected chi connectivity index (χ1v) is 25.1. The van der Waals surface area contributed by atoms with Gasteiger partial charge in [0.1, 0.15) is 5.60 Å². The maximum atomic E-state index is 12.5. The van der Waals surface area contributed by atoms with Crippen LogP contribution in [-0.4, -0.2) is 105 Å². The summed E-state index contributed by atoms with van der Waals surface area (Å²) in [6.07, 6.45) is 10.9. The molecule has 2 saturated heterocycles. The van der Waals surface area contributed by atoms with Crippen molar-refractivity contribution in [1.29, 1.82) is 0 Å². The van der Waals surface area contributed by atoms with E-state index in [0.29, 0.717) is 36.2 Å². The monoisotopic (exact) mass is 997 g/mol. The number of carbonyl (C=O) groups is 1. The molecule has 3 N–H and O–H groups in total. The first kappa shape index (κ1) is 46.7. The third-order valence-corrected chi connectivity index (χ3v) is 14.1. The third-order valence-electron chi connectivity index (χ3n) is 12.5. The number of halogens is 1. The molecule has 10 rings (SSSR count). The minimum Gasteiger partial charge on any atom is -0.444 e. The van der Waals surface area contributed by atoms with E-state index in [1.54, 1.807) is 33.6 Å². The Morgan fingerprint density at radius 2 is 1.18 bits per heavy atom. The molecule has 0 bridgehead atoms. The second-order valence-electron chi connectivity index (χ2n) is 18.8. The van der Waals surface area contributed by atoms with Gasteiger partial charge in [-0.1, -0.05) is 54.6 Å². The Hall–Kier alpha value is -6.40. The van der Waals surface area contributed by atoms with Gasteiger partial charge in [0.2, 0.25) is 10.0 Å². The molecule has 15 nitrogen and oxygen atoms in total. The van der Waals surface area contributed by atoms with Crippen molar-refractivity contribution in [3.63, 3.8) is 0 Å². The van der Waals surface area contributed by atoms with Crippen molar-refractivity contribution in [3.8, 4) is 33.4 Å². The summed E-state index contributed by atoms with van der Waals surface area (Å²) in [5.74, 6) is 0. The summed E-state index contributed by atoms with van der Waals surface area (Å²) in [6, 6.07) is 29.0. The molecule has 2 aliphatic heterocycles. The van der Waals surface area contributed by atoms with Gasteiger partial charge in [0.05, 0.1) is 21.8 Å². The van der Waals surface area contributed by atoms with Crippen LogP contribution in [-0.2, 0) is 14.8 Å². The van der Waals surface area contributed by atoms with Gasteiger partial charge in [-0.2, -0.15) is 10.2 Å². The maximum Gasteiger partial charge on any atom is 0.410 e. The van der Waals surface area contributed by atoms with Gasteiger partial charge in [-0.05, 0) is 117 Å². The van der Waals surface area contributed by atoms with Crippen molar-refractivity contribution in [2.45, 2.75) is 83.1 Å². The molecule has 0 unspecified atom stereocenters. The Bertz CT molecular complexity index is 3220. The quantitative estimate of drug-likeness (QED) is 0.163. The first-order valence-electron chi connectivity index (χ1n) is 22.8. The van der Waals surface area contributed by atoms with Crippen LogP contribution in [0.3, 0.4) is 0 Å². The summed E-state index contributed by atoms with van der Waals surface area (Å²) in [6.45, 7) is 17.7. The molecule has 2 fully saturated rings. The van der Waals surface area contributed by atoms with Crippen LogP contribution >= 0.6 is 15.9 Å². The van der Waals surface area contributed by atoms with Crippen LogP contribution in [0.25, 0.3) is 55.4 Å². The summed E-state index contributed by atoms with van der Waals surface area (Å²) in [7, 11) is -3.85. The second kappa shape index (κ2) is 18.6. The van der Waals surface area contributed by atoms with Crippen molar-refractivity contribution in [3.05, 3.63) is 127 Å². The molecule has 8 aromatic rings. The highest BCUT2D eigenvalue weighted by molar-refractivity contribution is 9.10. The zero-order valence-electron chi connectivity index (χ0n) is 39.2. The van der Waals surface area contributed by atoms with Gasteiger partial charge in [-0.15, -0.1) is 0 Å². The lowest BCUT2D eigenvalue weighted by Crippen LogP contribution is -2.58. The van der Waals surface area contributed by atoms with E-state index in [-0.39, 0.29) is 23.1 Å². The summed E-state index contributed by atoms with van der Waals surface area (Å²) < 4.78 is 34.2. The predicted molar refractivity (Wildman–Crippen MR) is 272 cm³/mol. The minimum atomic E-state index is -3.85. The number of fused-ring (bicyclic) bond motifs is 3. The number of nitrogens with one attached hydrogen (secondary N) is 1. The highest BCUT2D eigenvalue weighted by Crippen LogP contribution is 2.35. The first-order chi connectivity index (χ1) is 32.4. The molecule has 6 heterocycles. The fraction of sp³-hybridized carbons (Fsp3) is 0.314. The normalized spacial score (nSPS) is 19.0. The summed E-state index contributed by atoms with van der Waals surface area (Å²) in [4.78, 5) is 28.5. The van der Waals surface area contributed by atoms with E-state index in [9.17, 15) is 13.2 Å². The number of sulfonamides is 1. The largest absolute Gasteiger partial charge is 0.444 e. The Morgan fingerprint density at radius 1 is 0.662 bits per heavy atom. The van der Waals surface area contributed by atoms with E-state index in [0.717, 1.165) is 67.7 Å². The number of ether oxygens (including phenoxy) is 1. The number of piperazine rings is 2. The lowest BCUT2D eigenvalue weighted by atomic mass is 10.00. The number of nitrogens with two attached hydrogens (primary N) is 1. The molecule has 4 aromatic carbocycles. The molecule has 0 spiro atoms. The van der Waals surface area contributed by atoms with E-state index in [2.05, 4.69) is 122 Å². The van der Waals surface area contributed by atoms with Crippen molar-refractivity contribution in [2.24, 2.45) is 5.14 Å². The highest BCUT2D eigenvalue weighted by atomic mass is 79.9. The van der Waals surface area contributed by atoms with Crippen LogP contribution in [0.4, 0.5) is 16.2 Å². The van der Waals surface area contributed by atoms with Gasteiger partial charge >= 0.3 is 6.09 Å². The lowest BCUT2D eigenvalue weighted by molar-refractivity contribution is 0.0193. The summed E-state index contributed by atoms with van der Waals surface area (Å²) >= 11 is 3.46. The molecule has 4 aromatic heterocycles. The molecule has 68 heavy (non-hydrogen) atoms. The Kier molecular flexibility index (Phi) is 12.8. The van der Waals surface area contributed by atoms with Crippen LogP contribution in [0.2, 0.25) is 0 Å². The summed E-state index contributed by atoms with van der Waals surface area (Å²) in [5.41, 5.74) is 9.14. The Morgan fingerprint density at radius 3 is 1.75 bits per heavy atom. The fourth-order valence-electron chi connectivity index (χ4n) is 9.57. The zero-order chi connectivity index (χ0) is 48.1. The minimum absolute atomic E-state index is 0.103. The SMILES string of the molecule is C[C@@H]1CN(C(=O)OC(C)(C)C)C[C@H](C)N1c1ccc(-c2cnc3c(Br)cnn3c2)cc1.C[C@@H]1CNC[C@H](C)N1c1ccc(-c2cnc3c(-c4cccc5c(S(N)(=O)=O)cccc45)cnn3c2)cc1. The van der Waals surface area contributed by atoms with Crippen molar-refractivity contribution < 1.29 is 17.9 Å². The van der Waals surface area contributed by atoms with E-state index < -0.39 is 15.6 Å². The van der Waals surface area contributed by atoms with E-state index in [1.807, 2.05) is 68.7 Å². The molecule has 4 atom stereocenters. The number of aromatic nitrogens is 6. The van der Waals surface area contributed by atoms with Crippen molar-refractivity contribution in [1.82, 2.24) is 39.4 Å². The smallest absolute Gasteiger partial charge is 0.410 e. The number of benzene rings is 4. The molecule has 352 valence electrons. The molecular formula is C51H56BrN11O4S. The number of primary sulfonamides is 1. The molecule has 2 aliphatic rings. The van der Waals surface area contributed by atoms with E-state index in [1.165, 1.54) is 11.8 Å². The average Bonchev–Trinajstić information content (AvgIpc) is 3.90. The number of nitrogens with zero attached hydrogens (tertiary/aromatic N) is 9. The number of amides is 1. The number of anilines is 2. The second-order valence-corrected chi connectivity index (χ2v) is 21.2. The van der Waals surface area contributed by atoms with Crippen LogP contribution in [0.15, 0.2) is 131 Å². The average molecular weight is 999 g/mol. The Balaban J connectivity index is 0.000000173. The van der Waals surface area contributed by atoms with Gasteiger partial charge < -0.3 is 24.8 Å².